The van der Waals surface area contributed by atoms with Gasteiger partial charge in [0, 0.05) is 11.1 Å². The first kappa shape index (κ1) is 19.5. The third-order valence-electron chi connectivity index (χ3n) is 5.10. The zero-order valence-corrected chi connectivity index (χ0v) is 14.9. The van der Waals surface area contributed by atoms with Gasteiger partial charge in [0.2, 0.25) is 12.1 Å². The van der Waals surface area contributed by atoms with E-state index < -0.39 is 48.9 Å². The average molecular weight is 402 g/mol. The number of phenolic OH excluding ortho intramolecular Hbond substituents is 1. The summed E-state index contributed by atoms with van der Waals surface area (Å²) in [6, 6.07) is 8.45. The molecule has 2 aromatic rings. The molecule has 0 bridgehead atoms. The molecule has 4 rings (SSSR count). The quantitative estimate of drug-likeness (QED) is 0.384. The van der Waals surface area contributed by atoms with Crippen LogP contribution in [0.5, 0.6) is 11.5 Å². The molecule has 1 aliphatic carbocycles. The first-order chi connectivity index (χ1) is 13.8. The van der Waals surface area contributed by atoms with Crippen molar-refractivity contribution in [2.45, 2.75) is 30.7 Å². The van der Waals surface area contributed by atoms with E-state index in [1.54, 1.807) is 0 Å². The van der Waals surface area contributed by atoms with Crippen molar-refractivity contribution in [3.8, 4) is 11.5 Å². The molecule has 5 N–H and O–H groups in total. The summed E-state index contributed by atoms with van der Waals surface area (Å²) in [5.74, 6) is -1.59. The van der Waals surface area contributed by atoms with E-state index in [0.717, 1.165) is 0 Å². The zero-order chi connectivity index (χ0) is 20.9. The molecule has 1 heterocycles. The average Bonchev–Trinajstić information content (AvgIpc) is 2.72. The van der Waals surface area contributed by atoms with Crippen LogP contribution in [0.15, 0.2) is 36.4 Å². The Morgan fingerprint density at radius 3 is 2.21 bits per heavy atom. The minimum Gasteiger partial charge on any atom is -0.507 e. The minimum absolute atomic E-state index is 0.0511. The summed E-state index contributed by atoms with van der Waals surface area (Å²) in [5.41, 5.74) is -0.166. The molecule has 0 unspecified atom stereocenters. The van der Waals surface area contributed by atoms with E-state index in [9.17, 15) is 35.1 Å². The lowest BCUT2D eigenvalue weighted by atomic mass is 9.83. The van der Waals surface area contributed by atoms with Crippen molar-refractivity contribution in [2.24, 2.45) is 0 Å². The van der Waals surface area contributed by atoms with Crippen molar-refractivity contribution in [2.75, 3.05) is 6.61 Å². The number of phenols is 1. The van der Waals surface area contributed by atoms with Crippen molar-refractivity contribution >= 4 is 11.6 Å². The van der Waals surface area contributed by atoms with Gasteiger partial charge in [-0.2, -0.15) is 0 Å². The standard InChI is InChI=1S/C20H18O9/c21-7-12-16(24)18(26)19(27)20(29-12)28-11-6-2-4-9-14(11)17(25)13-8(15(9)23)3-1-5-10(13)22/h1-6,12,16,18-22,24,26-27H,7H2/t12-,16+,18+,19-,20+/m0/s1. The molecule has 29 heavy (non-hydrogen) atoms. The second-order valence-electron chi connectivity index (χ2n) is 6.85. The highest BCUT2D eigenvalue weighted by Gasteiger charge is 2.45. The molecule has 1 fully saturated rings. The van der Waals surface area contributed by atoms with Gasteiger partial charge in [0.05, 0.1) is 17.7 Å². The van der Waals surface area contributed by atoms with Crippen molar-refractivity contribution in [1.82, 2.24) is 0 Å². The van der Waals surface area contributed by atoms with Crippen LogP contribution >= 0.6 is 0 Å². The van der Waals surface area contributed by atoms with Crippen LogP contribution in [0.2, 0.25) is 0 Å². The maximum atomic E-state index is 13.0. The second-order valence-corrected chi connectivity index (χ2v) is 6.85. The van der Waals surface area contributed by atoms with Gasteiger partial charge in [-0.1, -0.05) is 24.3 Å². The van der Waals surface area contributed by atoms with Gasteiger partial charge in [0.25, 0.3) is 0 Å². The third kappa shape index (κ3) is 3.00. The maximum Gasteiger partial charge on any atom is 0.229 e. The summed E-state index contributed by atoms with van der Waals surface area (Å²) in [5, 5.41) is 49.4. The topological polar surface area (TPSA) is 154 Å². The minimum atomic E-state index is -1.68. The molecule has 9 heteroatoms. The normalized spacial score (nSPS) is 28.6. The Kier molecular flexibility index (Phi) is 4.85. The predicted octanol–water partition coefficient (Wildman–Crippen LogP) is -0.654. The van der Waals surface area contributed by atoms with Gasteiger partial charge in [-0.05, 0) is 12.1 Å². The van der Waals surface area contributed by atoms with Gasteiger partial charge in [-0.25, -0.2) is 0 Å². The predicted molar refractivity (Wildman–Crippen MR) is 95.8 cm³/mol. The van der Waals surface area contributed by atoms with Crippen LogP contribution in [-0.2, 0) is 4.74 Å². The Hall–Kier alpha value is -2.82. The smallest absolute Gasteiger partial charge is 0.229 e. The lowest BCUT2D eigenvalue weighted by molar-refractivity contribution is -0.277. The molecular formula is C20H18O9. The van der Waals surface area contributed by atoms with Crippen LogP contribution in [0.4, 0.5) is 0 Å². The van der Waals surface area contributed by atoms with Gasteiger partial charge < -0.3 is 35.0 Å². The molecule has 2 aromatic carbocycles. The highest BCUT2D eigenvalue weighted by atomic mass is 16.7. The van der Waals surface area contributed by atoms with Crippen LogP contribution < -0.4 is 4.74 Å². The molecular weight excluding hydrogens is 384 g/mol. The van der Waals surface area contributed by atoms with Crippen molar-refractivity contribution < 1.29 is 44.6 Å². The number of benzene rings is 2. The van der Waals surface area contributed by atoms with Gasteiger partial charge >= 0.3 is 0 Å². The highest BCUT2D eigenvalue weighted by Crippen LogP contribution is 2.37. The van der Waals surface area contributed by atoms with Crippen LogP contribution in [0.3, 0.4) is 0 Å². The number of carbonyl (C=O) groups is 2. The first-order valence-electron chi connectivity index (χ1n) is 8.86. The van der Waals surface area contributed by atoms with E-state index in [1.807, 2.05) is 0 Å². The molecule has 0 amide bonds. The van der Waals surface area contributed by atoms with Crippen LogP contribution in [-0.4, -0.2) is 74.4 Å². The summed E-state index contributed by atoms with van der Waals surface area (Å²) >= 11 is 0. The zero-order valence-electron chi connectivity index (χ0n) is 14.9. The lowest BCUT2D eigenvalue weighted by Crippen LogP contribution is -2.60. The van der Waals surface area contributed by atoms with Gasteiger partial charge in [-0.3, -0.25) is 9.59 Å². The van der Waals surface area contributed by atoms with E-state index in [2.05, 4.69) is 0 Å². The summed E-state index contributed by atoms with van der Waals surface area (Å²) in [4.78, 5) is 25.8. The highest BCUT2D eigenvalue weighted by molar-refractivity contribution is 6.30. The molecule has 0 aromatic heterocycles. The molecule has 5 atom stereocenters. The number of hydrogen-bond acceptors (Lipinski definition) is 9. The molecule has 0 spiro atoms. The number of ether oxygens (including phenoxy) is 2. The van der Waals surface area contributed by atoms with Crippen molar-refractivity contribution in [3.05, 3.63) is 58.7 Å². The first-order valence-corrected chi connectivity index (χ1v) is 8.86. The lowest BCUT2D eigenvalue weighted by Gasteiger charge is -2.39. The number of aromatic hydroxyl groups is 1. The van der Waals surface area contributed by atoms with E-state index in [4.69, 9.17) is 9.47 Å². The van der Waals surface area contributed by atoms with E-state index >= 15 is 0 Å². The Morgan fingerprint density at radius 2 is 1.52 bits per heavy atom. The monoisotopic (exact) mass is 402 g/mol. The van der Waals surface area contributed by atoms with Crippen LogP contribution in [0.25, 0.3) is 0 Å². The Balaban J connectivity index is 1.74. The molecule has 1 saturated heterocycles. The molecule has 152 valence electrons. The Bertz CT molecular complexity index is 984. The van der Waals surface area contributed by atoms with Gasteiger partial charge in [-0.15, -0.1) is 0 Å². The van der Waals surface area contributed by atoms with Gasteiger partial charge in [0.1, 0.15) is 35.9 Å². The molecule has 2 aliphatic rings. The summed E-state index contributed by atoms with van der Waals surface area (Å²) in [6.07, 6.45) is -7.62. The second kappa shape index (κ2) is 7.21. The number of hydrogen-bond donors (Lipinski definition) is 5. The fourth-order valence-corrected chi connectivity index (χ4v) is 3.58. The molecule has 9 nitrogen and oxygen atoms in total. The van der Waals surface area contributed by atoms with E-state index in [1.165, 1.54) is 36.4 Å². The number of fused-ring (bicyclic) bond motifs is 2. The van der Waals surface area contributed by atoms with Gasteiger partial charge in [0.15, 0.2) is 5.78 Å². The number of carbonyl (C=O) groups excluding carboxylic acids is 2. The van der Waals surface area contributed by atoms with Crippen LogP contribution in [0.1, 0.15) is 31.8 Å². The number of aliphatic hydroxyl groups is 4. The van der Waals surface area contributed by atoms with Crippen molar-refractivity contribution in [3.63, 3.8) is 0 Å². The molecule has 1 aliphatic heterocycles. The van der Waals surface area contributed by atoms with E-state index in [-0.39, 0.29) is 33.8 Å². The number of ketones is 2. The fourth-order valence-electron chi connectivity index (χ4n) is 3.58. The largest absolute Gasteiger partial charge is 0.507 e. The van der Waals surface area contributed by atoms with Crippen molar-refractivity contribution in [1.29, 1.82) is 0 Å². The third-order valence-corrected chi connectivity index (χ3v) is 5.10. The van der Waals surface area contributed by atoms with E-state index in [0.29, 0.717) is 0 Å². The molecule has 0 saturated carbocycles. The summed E-state index contributed by atoms with van der Waals surface area (Å²) < 4.78 is 10.9. The Labute approximate surface area is 164 Å². The number of aliphatic hydroxyl groups excluding tert-OH is 4. The molecule has 0 radical (unpaired) electrons. The van der Waals surface area contributed by atoms with Crippen LogP contribution in [0, 0.1) is 0 Å². The fraction of sp³-hybridized carbons (Fsp3) is 0.300. The number of rotatable bonds is 3. The maximum absolute atomic E-state index is 13.0. The summed E-state index contributed by atoms with van der Waals surface area (Å²) in [6.45, 7) is -0.642. The summed E-state index contributed by atoms with van der Waals surface area (Å²) in [7, 11) is 0. The SMILES string of the molecule is O=C1c2cccc(O)c2C(=O)c2c(O[C@@H]3O[C@@H](CO)[C@@H](O)[C@@H](O)[C@@H]3O)cccc21. The Morgan fingerprint density at radius 1 is 0.862 bits per heavy atom.